The molecule has 0 spiro atoms. The summed E-state index contributed by atoms with van der Waals surface area (Å²) in [6, 6.07) is 59.0. The van der Waals surface area contributed by atoms with E-state index in [1.54, 1.807) is 12.4 Å². The second kappa shape index (κ2) is 11.2. The van der Waals surface area contributed by atoms with E-state index in [4.69, 9.17) is 9.97 Å². The molecule has 0 aliphatic carbocycles. The van der Waals surface area contributed by atoms with Crippen LogP contribution in [-0.2, 0) is 0 Å². The predicted octanol–water partition coefficient (Wildman–Crippen LogP) is 12.3. The first-order valence-corrected chi connectivity index (χ1v) is 17.7. The van der Waals surface area contributed by atoms with Gasteiger partial charge in [-0.05, 0) is 64.5 Å². The van der Waals surface area contributed by atoms with E-state index in [0.717, 1.165) is 33.2 Å². The van der Waals surface area contributed by atoms with Gasteiger partial charge in [-0.25, -0.2) is 0 Å². The van der Waals surface area contributed by atoms with Gasteiger partial charge in [-0.15, -0.1) is 0 Å². The Morgan fingerprint density at radius 3 is 1.81 bits per heavy atom. The molecule has 4 heteroatoms. The summed E-state index contributed by atoms with van der Waals surface area (Å²) in [7, 11) is 0. The first-order chi connectivity index (χ1) is 25.8. The first kappa shape index (κ1) is 28.8. The van der Waals surface area contributed by atoms with Gasteiger partial charge < -0.3 is 9.13 Å². The van der Waals surface area contributed by atoms with Gasteiger partial charge in [0, 0.05) is 67.8 Å². The Morgan fingerprint density at radius 2 is 0.981 bits per heavy atom. The fourth-order valence-corrected chi connectivity index (χ4v) is 8.34. The Balaban J connectivity index is 1.14. The molecule has 0 fully saturated rings. The Morgan fingerprint density at radius 1 is 0.385 bits per heavy atom. The number of hydrogen-bond acceptors (Lipinski definition) is 2. The average Bonchev–Trinajstić information content (AvgIpc) is 3.78. The normalized spacial score (nSPS) is 11.8. The van der Waals surface area contributed by atoms with Gasteiger partial charge in [0.15, 0.2) is 0 Å². The molecule has 0 aliphatic heterocycles. The predicted molar refractivity (Wildman–Crippen MR) is 217 cm³/mol. The van der Waals surface area contributed by atoms with E-state index >= 15 is 0 Å². The molecule has 11 rings (SSSR count). The molecule has 0 bridgehead atoms. The largest absolute Gasteiger partial charge is 0.316 e. The van der Waals surface area contributed by atoms with Gasteiger partial charge in [0.2, 0.25) is 0 Å². The summed E-state index contributed by atoms with van der Waals surface area (Å²) in [6.07, 6.45) is 5.86. The second-order valence-corrected chi connectivity index (χ2v) is 13.4. The SMILES string of the molecule is c1ccc(-n2cc(-c3cccc(-c4cccc(-n5c6ccccc6c6ccc7c8nccnc8c8ccccc8c7c65)c4)c3)c3ccccc32)cc1. The highest BCUT2D eigenvalue weighted by atomic mass is 15.0. The van der Waals surface area contributed by atoms with Crippen molar-refractivity contribution in [3.8, 4) is 33.6 Å². The maximum Gasteiger partial charge on any atom is 0.0972 e. The van der Waals surface area contributed by atoms with Crippen LogP contribution in [0.25, 0.3) is 98.9 Å². The highest BCUT2D eigenvalue weighted by Crippen LogP contribution is 2.43. The van der Waals surface area contributed by atoms with Gasteiger partial charge >= 0.3 is 0 Å². The molecule has 4 nitrogen and oxygen atoms in total. The number of aromatic nitrogens is 4. The third kappa shape index (κ3) is 4.21. The lowest BCUT2D eigenvalue weighted by Crippen LogP contribution is -1.96. The molecule has 0 N–H and O–H groups in total. The van der Waals surface area contributed by atoms with Crippen LogP contribution in [0.1, 0.15) is 0 Å². The molecule has 0 saturated heterocycles. The van der Waals surface area contributed by atoms with Crippen molar-refractivity contribution in [3.05, 3.63) is 182 Å². The van der Waals surface area contributed by atoms with Crippen LogP contribution in [0.15, 0.2) is 182 Å². The Kier molecular flexibility index (Phi) is 6.22. The monoisotopic (exact) mass is 662 g/mol. The molecule has 0 atom stereocenters. The minimum absolute atomic E-state index is 0.925. The van der Waals surface area contributed by atoms with E-state index in [-0.39, 0.29) is 0 Å². The number of nitrogens with zero attached hydrogens (tertiary/aromatic N) is 4. The van der Waals surface area contributed by atoms with Crippen molar-refractivity contribution in [2.45, 2.75) is 0 Å². The van der Waals surface area contributed by atoms with E-state index in [1.165, 1.54) is 65.7 Å². The molecular formula is C48H30N4. The van der Waals surface area contributed by atoms with E-state index in [0.29, 0.717) is 0 Å². The molecule has 8 aromatic carbocycles. The van der Waals surface area contributed by atoms with Crippen LogP contribution in [0.3, 0.4) is 0 Å². The summed E-state index contributed by atoms with van der Waals surface area (Å²) in [5.41, 5.74) is 12.4. The lowest BCUT2D eigenvalue weighted by molar-refractivity contribution is 1.13. The van der Waals surface area contributed by atoms with Crippen LogP contribution in [0, 0.1) is 0 Å². The number of para-hydroxylation sites is 3. The van der Waals surface area contributed by atoms with Gasteiger partial charge in [-0.2, -0.15) is 0 Å². The number of rotatable bonds is 4. The highest BCUT2D eigenvalue weighted by molar-refractivity contribution is 6.32. The molecular weight excluding hydrogens is 633 g/mol. The van der Waals surface area contributed by atoms with Crippen molar-refractivity contribution in [3.63, 3.8) is 0 Å². The molecule has 3 aromatic heterocycles. The van der Waals surface area contributed by atoms with Crippen LogP contribution >= 0.6 is 0 Å². The smallest absolute Gasteiger partial charge is 0.0972 e. The van der Waals surface area contributed by atoms with Gasteiger partial charge in [-0.1, -0.05) is 121 Å². The Hall–Kier alpha value is -7.04. The zero-order valence-electron chi connectivity index (χ0n) is 28.1. The van der Waals surface area contributed by atoms with Gasteiger partial charge in [0.1, 0.15) is 0 Å². The minimum Gasteiger partial charge on any atom is -0.316 e. The van der Waals surface area contributed by atoms with Crippen molar-refractivity contribution in [1.82, 2.24) is 19.1 Å². The van der Waals surface area contributed by atoms with Crippen LogP contribution in [-0.4, -0.2) is 19.1 Å². The molecule has 0 aliphatic rings. The van der Waals surface area contributed by atoms with Gasteiger partial charge in [-0.3, -0.25) is 9.97 Å². The van der Waals surface area contributed by atoms with Gasteiger partial charge in [0.05, 0.1) is 27.6 Å². The summed E-state index contributed by atoms with van der Waals surface area (Å²) >= 11 is 0. The maximum absolute atomic E-state index is 4.87. The van der Waals surface area contributed by atoms with Crippen molar-refractivity contribution >= 4 is 65.3 Å². The number of fused-ring (bicyclic) bond motifs is 11. The van der Waals surface area contributed by atoms with Gasteiger partial charge in [0.25, 0.3) is 0 Å². The van der Waals surface area contributed by atoms with Crippen LogP contribution < -0.4 is 0 Å². The number of hydrogen-bond donors (Lipinski definition) is 0. The summed E-state index contributed by atoms with van der Waals surface area (Å²) in [5, 5.41) is 8.28. The standard InChI is InChI=1S/C48H30N4/c1-2-15-34(16-3-1)51-30-42(37-19-6-8-22-43(37)51)33-14-10-12-31(28-33)32-13-11-17-35(29-32)52-44-23-9-7-18-36(44)40-24-25-41-45(48(40)52)38-20-4-5-21-39(38)46-47(41)50-27-26-49-46/h1-30H. The zero-order chi connectivity index (χ0) is 34.2. The lowest BCUT2D eigenvalue weighted by Gasteiger charge is -2.14. The molecule has 0 amide bonds. The third-order valence-corrected chi connectivity index (χ3v) is 10.6. The fourth-order valence-electron chi connectivity index (χ4n) is 8.34. The molecule has 3 heterocycles. The molecule has 0 radical (unpaired) electrons. The van der Waals surface area contributed by atoms with E-state index in [1.807, 2.05) is 0 Å². The highest BCUT2D eigenvalue weighted by Gasteiger charge is 2.20. The maximum atomic E-state index is 4.87. The van der Waals surface area contributed by atoms with Crippen LogP contribution in [0.2, 0.25) is 0 Å². The lowest BCUT2D eigenvalue weighted by atomic mass is 9.97. The van der Waals surface area contributed by atoms with Crippen LogP contribution in [0.4, 0.5) is 0 Å². The number of benzene rings is 8. The van der Waals surface area contributed by atoms with E-state index < -0.39 is 0 Å². The second-order valence-electron chi connectivity index (χ2n) is 13.4. The summed E-state index contributed by atoms with van der Waals surface area (Å²) < 4.78 is 4.74. The molecule has 11 aromatic rings. The third-order valence-electron chi connectivity index (χ3n) is 10.6. The Labute approximate surface area is 299 Å². The first-order valence-electron chi connectivity index (χ1n) is 17.7. The molecule has 52 heavy (non-hydrogen) atoms. The van der Waals surface area contributed by atoms with E-state index in [2.05, 4.69) is 179 Å². The molecule has 0 unspecified atom stereocenters. The minimum atomic E-state index is 0.925. The van der Waals surface area contributed by atoms with Crippen molar-refractivity contribution in [2.24, 2.45) is 0 Å². The molecule has 0 saturated carbocycles. The quantitative estimate of drug-likeness (QED) is 0.176. The molecule has 242 valence electrons. The van der Waals surface area contributed by atoms with E-state index in [9.17, 15) is 0 Å². The summed E-state index contributed by atoms with van der Waals surface area (Å²) in [4.78, 5) is 9.67. The zero-order valence-corrected chi connectivity index (χ0v) is 28.1. The van der Waals surface area contributed by atoms with Crippen molar-refractivity contribution < 1.29 is 0 Å². The topological polar surface area (TPSA) is 35.6 Å². The summed E-state index contributed by atoms with van der Waals surface area (Å²) in [6.45, 7) is 0. The van der Waals surface area contributed by atoms with Crippen molar-refractivity contribution in [2.75, 3.05) is 0 Å². The van der Waals surface area contributed by atoms with Crippen LogP contribution in [0.5, 0.6) is 0 Å². The Bertz CT molecular complexity index is 3150. The summed E-state index contributed by atoms with van der Waals surface area (Å²) in [5.74, 6) is 0. The fraction of sp³-hybridized carbons (Fsp3) is 0. The average molecular weight is 663 g/mol. The van der Waals surface area contributed by atoms with Crippen molar-refractivity contribution in [1.29, 1.82) is 0 Å².